The number of carbonyl (C=O) groups is 1. The third kappa shape index (κ3) is 4.75. The van der Waals surface area contributed by atoms with E-state index in [-0.39, 0.29) is 12.0 Å². The second-order valence-electron chi connectivity index (χ2n) is 3.46. The molecule has 3 heteroatoms. The standard InChI is InChI=1S/C9H15NO2/c1-4-8(12)10-7-9(2,3)5-6-11/h1,11H,5-7H2,2-3H3,(H,10,12). The van der Waals surface area contributed by atoms with Crippen LogP contribution < -0.4 is 5.32 Å². The van der Waals surface area contributed by atoms with E-state index >= 15 is 0 Å². The molecule has 0 spiro atoms. The van der Waals surface area contributed by atoms with Gasteiger partial charge in [-0.25, -0.2) is 0 Å². The summed E-state index contributed by atoms with van der Waals surface area (Å²) in [5.41, 5.74) is -0.0960. The predicted octanol–water partition coefficient (Wildman–Crippen LogP) is 0.144. The van der Waals surface area contributed by atoms with Gasteiger partial charge in [0.05, 0.1) is 0 Å². The van der Waals surface area contributed by atoms with E-state index in [0.29, 0.717) is 13.0 Å². The Kier molecular flexibility index (Phi) is 4.38. The Morgan fingerprint density at radius 1 is 1.67 bits per heavy atom. The van der Waals surface area contributed by atoms with Crippen LogP contribution >= 0.6 is 0 Å². The minimum absolute atomic E-state index is 0.0960. The molecule has 0 saturated carbocycles. The van der Waals surface area contributed by atoms with Gasteiger partial charge in [-0.05, 0) is 17.8 Å². The lowest BCUT2D eigenvalue weighted by atomic mass is 9.90. The fraction of sp³-hybridized carbons (Fsp3) is 0.667. The van der Waals surface area contributed by atoms with Crippen LogP contribution in [0.15, 0.2) is 0 Å². The smallest absolute Gasteiger partial charge is 0.295 e. The van der Waals surface area contributed by atoms with Crippen LogP contribution in [0.2, 0.25) is 0 Å². The third-order valence-corrected chi connectivity index (χ3v) is 1.65. The van der Waals surface area contributed by atoms with Crippen molar-refractivity contribution in [2.45, 2.75) is 20.3 Å². The number of terminal acetylenes is 1. The number of hydrogen-bond acceptors (Lipinski definition) is 2. The number of carbonyl (C=O) groups excluding carboxylic acids is 1. The van der Waals surface area contributed by atoms with Gasteiger partial charge >= 0.3 is 0 Å². The molecule has 0 aliphatic heterocycles. The van der Waals surface area contributed by atoms with Gasteiger partial charge in [-0.2, -0.15) is 0 Å². The zero-order valence-corrected chi connectivity index (χ0v) is 7.55. The molecule has 0 bridgehead atoms. The van der Waals surface area contributed by atoms with E-state index in [1.807, 2.05) is 19.8 Å². The summed E-state index contributed by atoms with van der Waals surface area (Å²) in [6, 6.07) is 0. The topological polar surface area (TPSA) is 49.3 Å². The molecule has 0 heterocycles. The first-order chi connectivity index (χ1) is 5.52. The number of aliphatic hydroxyl groups is 1. The first kappa shape index (κ1) is 11.0. The molecule has 3 nitrogen and oxygen atoms in total. The van der Waals surface area contributed by atoms with E-state index in [1.165, 1.54) is 0 Å². The Morgan fingerprint density at radius 2 is 2.25 bits per heavy atom. The number of amides is 1. The van der Waals surface area contributed by atoms with Gasteiger partial charge < -0.3 is 10.4 Å². The second kappa shape index (κ2) is 4.78. The van der Waals surface area contributed by atoms with Crippen LogP contribution in [0.4, 0.5) is 0 Å². The maximum atomic E-state index is 10.7. The quantitative estimate of drug-likeness (QED) is 0.588. The van der Waals surface area contributed by atoms with Crippen LogP contribution in [0.5, 0.6) is 0 Å². The molecule has 0 unspecified atom stereocenters. The molecule has 0 aliphatic rings. The summed E-state index contributed by atoms with van der Waals surface area (Å²) in [7, 11) is 0. The molecular weight excluding hydrogens is 154 g/mol. The average Bonchev–Trinajstić information content (AvgIpc) is 2.00. The summed E-state index contributed by atoms with van der Waals surface area (Å²) in [6.45, 7) is 4.54. The van der Waals surface area contributed by atoms with E-state index < -0.39 is 5.91 Å². The van der Waals surface area contributed by atoms with E-state index in [0.717, 1.165) is 0 Å². The fourth-order valence-corrected chi connectivity index (χ4v) is 0.762. The van der Waals surface area contributed by atoms with Crippen LogP contribution in [0.25, 0.3) is 0 Å². The zero-order chi connectivity index (χ0) is 9.61. The Hall–Kier alpha value is -1.01. The van der Waals surface area contributed by atoms with Gasteiger partial charge in [0.25, 0.3) is 5.91 Å². The van der Waals surface area contributed by atoms with Crippen LogP contribution in [0.1, 0.15) is 20.3 Å². The Morgan fingerprint density at radius 3 is 2.67 bits per heavy atom. The van der Waals surface area contributed by atoms with Gasteiger partial charge in [-0.15, -0.1) is 6.42 Å². The Balaban J connectivity index is 3.76. The van der Waals surface area contributed by atoms with Crippen LogP contribution in [-0.2, 0) is 4.79 Å². The highest BCUT2D eigenvalue weighted by molar-refractivity contribution is 5.92. The molecule has 0 atom stereocenters. The molecule has 0 aromatic heterocycles. The molecule has 0 aliphatic carbocycles. The number of aliphatic hydroxyl groups excluding tert-OH is 1. The van der Waals surface area contributed by atoms with Crippen molar-refractivity contribution < 1.29 is 9.90 Å². The molecule has 0 radical (unpaired) electrons. The van der Waals surface area contributed by atoms with Crippen molar-refractivity contribution in [2.24, 2.45) is 5.41 Å². The first-order valence-electron chi connectivity index (χ1n) is 3.87. The van der Waals surface area contributed by atoms with Crippen LogP contribution in [0.3, 0.4) is 0 Å². The molecule has 12 heavy (non-hydrogen) atoms. The molecule has 1 amide bonds. The Labute approximate surface area is 73.2 Å². The molecule has 0 rings (SSSR count). The van der Waals surface area contributed by atoms with Crippen molar-refractivity contribution >= 4 is 5.91 Å². The zero-order valence-electron chi connectivity index (χ0n) is 7.55. The third-order valence-electron chi connectivity index (χ3n) is 1.65. The fourth-order valence-electron chi connectivity index (χ4n) is 0.762. The molecule has 0 fully saturated rings. The highest BCUT2D eigenvalue weighted by atomic mass is 16.3. The predicted molar refractivity (Wildman–Crippen MR) is 47.3 cm³/mol. The molecule has 2 N–H and O–H groups in total. The van der Waals surface area contributed by atoms with E-state index in [4.69, 9.17) is 11.5 Å². The Bertz CT molecular complexity index is 191. The SMILES string of the molecule is C#CC(=O)NCC(C)(C)CCO. The van der Waals surface area contributed by atoms with Gasteiger partial charge in [0.15, 0.2) is 0 Å². The molecule has 68 valence electrons. The summed E-state index contributed by atoms with van der Waals surface area (Å²) in [6.07, 6.45) is 5.51. The minimum atomic E-state index is -0.402. The monoisotopic (exact) mass is 169 g/mol. The first-order valence-corrected chi connectivity index (χ1v) is 3.87. The van der Waals surface area contributed by atoms with Gasteiger partial charge in [0.2, 0.25) is 0 Å². The molecule has 0 aromatic rings. The van der Waals surface area contributed by atoms with Crippen molar-refractivity contribution in [1.82, 2.24) is 5.32 Å². The normalized spacial score (nSPS) is 10.5. The lowest BCUT2D eigenvalue weighted by Crippen LogP contribution is -2.33. The van der Waals surface area contributed by atoms with E-state index in [9.17, 15) is 4.79 Å². The minimum Gasteiger partial charge on any atom is -0.396 e. The van der Waals surface area contributed by atoms with Crippen molar-refractivity contribution in [1.29, 1.82) is 0 Å². The van der Waals surface area contributed by atoms with Gasteiger partial charge in [-0.3, -0.25) is 4.79 Å². The summed E-state index contributed by atoms with van der Waals surface area (Å²) in [4.78, 5) is 10.7. The molecule has 0 aromatic carbocycles. The number of nitrogens with one attached hydrogen (secondary N) is 1. The van der Waals surface area contributed by atoms with Crippen LogP contribution in [0, 0.1) is 17.8 Å². The van der Waals surface area contributed by atoms with Gasteiger partial charge in [-0.1, -0.05) is 13.8 Å². The molecular formula is C9H15NO2. The number of rotatable bonds is 4. The van der Waals surface area contributed by atoms with Crippen molar-refractivity contribution in [2.75, 3.05) is 13.2 Å². The average molecular weight is 169 g/mol. The lowest BCUT2D eigenvalue weighted by Gasteiger charge is -2.22. The van der Waals surface area contributed by atoms with E-state index in [2.05, 4.69) is 5.32 Å². The van der Waals surface area contributed by atoms with Crippen molar-refractivity contribution in [3.8, 4) is 12.3 Å². The molecule has 0 saturated heterocycles. The van der Waals surface area contributed by atoms with Gasteiger partial charge in [0.1, 0.15) is 0 Å². The maximum Gasteiger partial charge on any atom is 0.295 e. The lowest BCUT2D eigenvalue weighted by molar-refractivity contribution is -0.116. The number of hydrogen-bond donors (Lipinski definition) is 2. The second-order valence-corrected chi connectivity index (χ2v) is 3.46. The largest absolute Gasteiger partial charge is 0.396 e. The van der Waals surface area contributed by atoms with Gasteiger partial charge in [0, 0.05) is 13.2 Å². The van der Waals surface area contributed by atoms with Crippen LogP contribution in [-0.4, -0.2) is 24.2 Å². The van der Waals surface area contributed by atoms with Crippen molar-refractivity contribution in [3.63, 3.8) is 0 Å². The summed E-state index contributed by atoms with van der Waals surface area (Å²) >= 11 is 0. The van der Waals surface area contributed by atoms with Crippen molar-refractivity contribution in [3.05, 3.63) is 0 Å². The maximum absolute atomic E-state index is 10.7. The highest BCUT2D eigenvalue weighted by Crippen LogP contribution is 2.17. The highest BCUT2D eigenvalue weighted by Gasteiger charge is 2.17. The summed E-state index contributed by atoms with van der Waals surface area (Å²) in [5, 5.41) is 11.2. The summed E-state index contributed by atoms with van der Waals surface area (Å²) in [5.74, 6) is 1.57. The van der Waals surface area contributed by atoms with E-state index in [1.54, 1.807) is 0 Å². The summed E-state index contributed by atoms with van der Waals surface area (Å²) < 4.78 is 0.